The van der Waals surface area contributed by atoms with Crippen molar-refractivity contribution in [2.24, 2.45) is 5.92 Å². The van der Waals surface area contributed by atoms with Crippen LogP contribution in [0.3, 0.4) is 0 Å². The van der Waals surface area contributed by atoms with E-state index in [0.717, 1.165) is 0 Å². The molecule has 0 aliphatic heterocycles. The molecular weight excluding hydrogens is 593 g/mol. The number of benzene rings is 7. The molecule has 0 spiro atoms. The summed E-state index contributed by atoms with van der Waals surface area (Å²) >= 11 is 0. The highest BCUT2D eigenvalue weighted by atomic mass is 15.0. The first-order valence-electron chi connectivity index (χ1n) is 17.4. The standard InChI is InChI=1S/C47H34N2/c1-47(2)39-27-30-25-31(48-41-19-9-5-13-32(41)33-14-6-10-20-42(33)48)24-23-29(30)26-38(39)46-37-18-4-3-17-36(37)45(28-40(46)47)49-43-21-11-7-15-34(43)35-16-8-12-22-44(35)49/h3-28,40,46H,1-2H3. The zero-order valence-electron chi connectivity index (χ0n) is 27.6. The Labute approximate surface area is 285 Å². The van der Waals surface area contributed by atoms with Crippen molar-refractivity contribution in [3.8, 4) is 5.69 Å². The fourth-order valence-electron chi connectivity index (χ4n) is 9.55. The molecule has 2 heteroatoms. The Morgan fingerprint density at radius 3 is 1.61 bits per heavy atom. The zero-order valence-corrected chi connectivity index (χ0v) is 27.6. The highest BCUT2D eigenvalue weighted by molar-refractivity contribution is 6.11. The maximum Gasteiger partial charge on any atom is 0.0541 e. The minimum Gasteiger partial charge on any atom is -0.309 e. The van der Waals surface area contributed by atoms with E-state index >= 15 is 0 Å². The van der Waals surface area contributed by atoms with Crippen LogP contribution in [0.2, 0.25) is 0 Å². The van der Waals surface area contributed by atoms with Gasteiger partial charge in [-0.05, 0) is 75.2 Å². The molecule has 2 aromatic heterocycles. The smallest absolute Gasteiger partial charge is 0.0541 e. The molecule has 0 saturated carbocycles. The highest BCUT2D eigenvalue weighted by Crippen LogP contribution is 2.58. The quantitative estimate of drug-likeness (QED) is 0.181. The van der Waals surface area contributed by atoms with Gasteiger partial charge in [0.25, 0.3) is 0 Å². The lowest BCUT2D eigenvalue weighted by molar-refractivity contribution is 0.389. The van der Waals surface area contributed by atoms with E-state index in [1.165, 1.54) is 88.0 Å². The zero-order chi connectivity index (χ0) is 32.4. The number of allylic oxidation sites excluding steroid dienone is 1. The number of rotatable bonds is 2. The average Bonchev–Trinajstić information content (AvgIpc) is 3.73. The van der Waals surface area contributed by atoms with Crippen molar-refractivity contribution >= 4 is 60.1 Å². The van der Waals surface area contributed by atoms with Crippen molar-refractivity contribution in [1.82, 2.24) is 9.13 Å². The van der Waals surface area contributed by atoms with Crippen molar-refractivity contribution in [1.29, 1.82) is 0 Å². The summed E-state index contributed by atoms with van der Waals surface area (Å²) in [5, 5.41) is 7.79. The van der Waals surface area contributed by atoms with E-state index in [-0.39, 0.29) is 5.41 Å². The first-order valence-corrected chi connectivity index (χ1v) is 17.4. The van der Waals surface area contributed by atoms with Crippen LogP contribution in [-0.4, -0.2) is 9.13 Å². The van der Waals surface area contributed by atoms with Gasteiger partial charge >= 0.3 is 0 Å². The molecule has 7 aromatic carbocycles. The molecule has 232 valence electrons. The van der Waals surface area contributed by atoms with Crippen molar-refractivity contribution in [2.75, 3.05) is 0 Å². The van der Waals surface area contributed by atoms with Crippen molar-refractivity contribution < 1.29 is 0 Å². The van der Waals surface area contributed by atoms with Crippen molar-refractivity contribution in [3.63, 3.8) is 0 Å². The first kappa shape index (κ1) is 27.1. The van der Waals surface area contributed by atoms with Gasteiger partial charge in [0.2, 0.25) is 0 Å². The first-order chi connectivity index (χ1) is 24.1. The molecule has 9 aromatic rings. The Kier molecular flexibility index (Phi) is 5.32. The number of hydrogen-bond acceptors (Lipinski definition) is 0. The summed E-state index contributed by atoms with van der Waals surface area (Å²) in [6.07, 6.45) is 2.61. The summed E-state index contributed by atoms with van der Waals surface area (Å²) in [7, 11) is 0. The third-order valence-corrected chi connectivity index (χ3v) is 11.8. The van der Waals surface area contributed by atoms with Crippen molar-refractivity contribution in [3.05, 3.63) is 180 Å². The van der Waals surface area contributed by atoms with Gasteiger partial charge in [0, 0.05) is 38.7 Å². The molecule has 0 fully saturated rings. The Morgan fingerprint density at radius 1 is 0.469 bits per heavy atom. The monoisotopic (exact) mass is 626 g/mol. The second-order valence-electron chi connectivity index (χ2n) is 14.6. The van der Waals surface area contributed by atoms with Gasteiger partial charge in [0.15, 0.2) is 0 Å². The molecule has 0 N–H and O–H groups in total. The third kappa shape index (κ3) is 3.56. The molecule has 2 aliphatic rings. The van der Waals surface area contributed by atoms with Gasteiger partial charge in [-0.25, -0.2) is 0 Å². The van der Waals surface area contributed by atoms with E-state index in [9.17, 15) is 0 Å². The van der Waals surface area contributed by atoms with Gasteiger partial charge < -0.3 is 9.13 Å². The van der Waals surface area contributed by atoms with Crippen LogP contribution in [0.25, 0.3) is 65.8 Å². The molecule has 0 saturated heterocycles. The lowest BCUT2D eigenvalue weighted by Crippen LogP contribution is -2.28. The molecule has 0 radical (unpaired) electrons. The highest BCUT2D eigenvalue weighted by Gasteiger charge is 2.48. The largest absolute Gasteiger partial charge is 0.309 e. The van der Waals surface area contributed by atoms with E-state index in [1.807, 2.05) is 0 Å². The molecule has 2 atom stereocenters. The Hall–Kier alpha value is -5.86. The van der Waals surface area contributed by atoms with E-state index < -0.39 is 0 Å². The molecule has 0 bridgehead atoms. The van der Waals surface area contributed by atoms with E-state index in [2.05, 4.69) is 181 Å². The minimum absolute atomic E-state index is 0.0609. The molecule has 2 aliphatic carbocycles. The molecule has 49 heavy (non-hydrogen) atoms. The Balaban J connectivity index is 1.13. The number of para-hydroxylation sites is 4. The normalized spacial score (nSPS) is 17.9. The Bertz CT molecular complexity index is 2770. The fourth-order valence-corrected chi connectivity index (χ4v) is 9.55. The molecule has 2 nitrogen and oxygen atoms in total. The molecule has 11 rings (SSSR count). The molecule has 0 amide bonds. The topological polar surface area (TPSA) is 9.86 Å². The predicted octanol–water partition coefficient (Wildman–Crippen LogP) is 12.0. The van der Waals surface area contributed by atoms with Gasteiger partial charge in [-0.1, -0.05) is 135 Å². The van der Waals surface area contributed by atoms with Gasteiger partial charge in [0.05, 0.1) is 27.8 Å². The summed E-state index contributed by atoms with van der Waals surface area (Å²) in [5.74, 6) is 0.625. The van der Waals surface area contributed by atoms with Crippen LogP contribution < -0.4 is 0 Å². The summed E-state index contributed by atoms with van der Waals surface area (Å²) in [4.78, 5) is 0. The van der Waals surface area contributed by atoms with Gasteiger partial charge in [-0.2, -0.15) is 0 Å². The third-order valence-electron chi connectivity index (χ3n) is 11.8. The van der Waals surface area contributed by atoms with Crippen LogP contribution in [0.1, 0.15) is 42.0 Å². The van der Waals surface area contributed by atoms with Gasteiger partial charge in [0.1, 0.15) is 0 Å². The van der Waals surface area contributed by atoms with Gasteiger partial charge in [-0.3, -0.25) is 0 Å². The van der Waals surface area contributed by atoms with Crippen LogP contribution in [-0.2, 0) is 5.41 Å². The predicted molar refractivity (Wildman–Crippen MR) is 206 cm³/mol. The fraction of sp³-hybridized carbons (Fsp3) is 0.106. The molecular formula is C47H34N2. The summed E-state index contributed by atoms with van der Waals surface area (Å²) < 4.78 is 4.95. The van der Waals surface area contributed by atoms with Crippen LogP contribution >= 0.6 is 0 Å². The lowest BCUT2D eigenvalue weighted by Gasteiger charge is -2.35. The summed E-state index contributed by atoms with van der Waals surface area (Å²) in [6.45, 7) is 4.93. The summed E-state index contributed by atoms with van der Waals surface area (Å²) in [6, 6.07) is 56.5. The average molecular weight is 627 g/mol. The van der Waals surface area contributed by atoms with E-state index in [0.29, 0.717) is 11.8 Å². The van der Waals surface area contributed by atoms with E-state index in [4.69, 9.17) is 0 Å². The minimum atomic E-state index is -0.0609. The second kappa shape index (κ2) is 9.61. The SMILES string of the molecule is CC1(C)c2cc3cc(-n4c5ccccc5c5ccccc54)ccc3cc2C2c3ccccc3C(n3c4ccccc4c4ccccc43)=CC21. The van der Waals surface area contributed by atoms with Gasteiger partial charge in [-0.15, -0.1) is 0 Å². The maximum atomic E-state index is 2.61. The number of aromatic nitrogens is 2. The van der Waals surface area contributed by atoms with Crippen LogP contribution in [0.15, 0.2) is 158 Å². The van der Waals surface area contributed by atoms with Crippen LogP contribution in [0, 0.1) is 5.92 Å². The molecule has 2 unspecified atom stereocenters. The van der Waals surface area contributed by atoms with E-state index in [1.54, 1.807) is 0 Å². The number of fused-ring (bicyclic) bond motifs is 12. The second-order valence-corrected chi connectivity index (χ2v) is 14.6. The van der Waals surface area contributed by atoms with Crippen LogP contribution in [0.5, 0.6) is 0 Å². The maximum absolute atomic E-state index is 2.61. The lowest BCUT2D eigenvalue weighted by atomic mass is 9.70. The molecule has 2 heterocycles. The van der Waals surface area contributed by atoms with Crippen LogP contribution in [0.4, 0.5) is 0 Å². The summed E-state index contributed by atoms with van der Waals surface area (Å²) in [5.41, 5.74) is 13.2. The Morgan fingerprint density at radius 2 is 1.00 bits per heavy atom. The number of nitrogens with zero attached hydrogens (tertiary/aromatic N) is 2. The van der Waals surface area contributed by atoms with Crippen molar-refractivity contribution in [2.45, 2.75) is 25.2 Å². The number of hydrogen-bond donors (Lipinski definition) is 0.